The van der Waals surface area contributed by atoms with Crippen molar-refractivity contribution >= 4 is 0 Å². The van der Waals surface area contributed by atoms with Crippen molar-refractivity contribution in [2.45, 2.75) is 12.3 Å². The van der Waals surface area contributed by atoms with Gasteiger partial charge in [0.25, 0.3) is 0 Å². The van der Waals surface area contributed by atoms with Gasteiger partial charge in [0.1, 0.15) is 5.75 Å². The van der Waals surface area contributed by atoms with Crippen LogP contribution >= 0.6 is 0 Å². The summed E-state index contributed by atoms with van der Waals surface area (Å²) in [6.45, 7) is 0.367. The van der Waals surface area contributed by atoms with E-state index in [0.29, 0.717) is 6.61 Å². The molecule has 12 heavy (non-hydrogen) atoms. The molecule has 0 aromatic heterocycles. The Morgan fingerprint density at radius 3 is 3.08 bits per heavy atom. The molecular formula is C10H11FO. The van der Waals surface area contributed by atoms with Crippen molar-refractivity contribution in [1.82, 2.24) is 0 Å². The van der Waals surface area contributed by atoms with Crippen LogP contribution in [-0.2, 0) is 0 Å². The molecule has 2 rings (SSSR count). The molecule has 0 bridgehead atoms. The Bertz CT molecular complexity index is 272. The normalized spacial score (nSPS) is 21.2. The Labute approximate surface area is 71.2 Å². The van der Waals surface area contributed by atoms with Gasteiger partial charge in [-0.1, -0.05) is 18.2 Å². The van der Waals surface area contributed by atoms with Gasteiger partial charge in [0.05, 0.1) is 13.3 Å². The highest BCUT2D eigenvalue weighted by molar-refractivity contribution is 5.37. The van der Waals surface area contributed by atoms with Crippen LogP contribution in [0.3, 0.4) is 0 Å². The highest BCUT2D eigenvalue weighted by Gasteiger charge is 2.20. The molecule has 1 atom stereocenters. The SMILES string of the molecule is FCC1CCOc2ccccc21. The Balaban J connectivity index is 2.37. The first-order chi connectivity index (χ1) is 5.92. The molecule has 0 N–H and O–H groups in total. The largest absolute Gasteiger partial charge is 0.493 e. The summed E-state index contributed by atoms with van der Waals surface area (Å²) in [5.41, 5.74) is 1.02. The molecule has 2 heteroatoms. The molecule has 0 saturated heterocycles. The lowest BCUT2D eigenvalue weighted by Crippen LogP contribution is -2.15. The van der Waals surface area contributed by atoms with E-state index in [2.05, 4.69) is 0 Å². The highest BCUT2D eigenvalue weighted by Crippen LogP contribution is 2.33. The standard InChI is InChI=1S/C10H11FO/c11-7-8-5-6-12-10-4-2-1-3-9(8)10/h1-4,8H,5-7H2. The van der Waals surface area contributed by atoms with Crippen LogP contribution in [-0.4, -0.2) is 13.3 Å². The topological polar surface area (TPSA) is 9.23 Å². The monoisotopic (exact) mass is 166 g/mol. The van der Waals surface area contributed by atoms with E-state index in [1.807, 2.05) is 24.3 Å². The number of fused-ring (bicyclic) bond motifs is 1. The van der Waals surface area contributed by atoms with Gasteiger partial charge < -0.3 is 4.74 Å². The van der Waals surface area contributed by atoms with Crippen molar-refractivity contribution in [2.24, 2.45) is 0 Å². The van der Waals surface area contributed by atoms with E-state index < -0.39 is 0 Å². The third-order valence-electron chi connectivity index (χ3n) is 2.27. The number of rotatable bonds is 1. The lowest BCUT2D eigenvalue weighted by atomic mass is 9.95. The lowest BCUT2D eigenvalue weighted by molar-refractivity contribution is 0.249. The Kier molecular flexibility index (Phi) is 1.98. The van der Waals surface area contributed by atoms with E-state index in [1.165, 1.54) is 0 Å². The minimum absolute atomic E-state index is 0.0509. The van der Waals surface area contributed by atoms with Crippen LogP contribution in [0.1, 0.15) is 17.9 Å². The second-order valence-electron chi connectivity index (χ2n) is 3.03. The van der Waals surface area contributed by atoms with Crippen molar-refractivity contribution < 1.29 is 9.13 Å². The minimum Gasteiger partial charge on any atom is -0.493 e. The molecule has 0 amide bonds. The van der Waals surface area contributed by atoms with Crippen LogP contribution in [0, 0.1) is 0 Å². The molecule has 0 radical (unpaired) electrons. The highest BCUT2D eigenvalue weighted by atomic mass is 19.1. The second-order valence-corrected chi connectivity index (χ2v) is 3.03. The summed E-state index contributed by atoms with van der Waals surface area (Å²) in [4.78, 5) is 0. The van der Waals surface area contributed by atoms with Crippen LogP contribution < -0.4 is 4.74 Å². The number of hydrogen-bond donors (Lipinski definition) is 0. The Morgan fingerprint density at radius 2 is 2.25 bits per heavy atom. The predicted octanol–water partition coefficient (Wildman–Crippen LogP) is 2.52. The smallest absolute Gasteiger partial charge is 0.122 e. The maximum atomic E-state index is 12.5. The van der Waals surface area contributed by atoms with E-state index in [0.717, 1.165) is 17.7 Å². The molecule has 0 aliphatic carbocycles. The summed E-state index contributed by atoms with van der Waals surface area (Å²) in [5, 5.41) is 0. The van der Waals surface area contributed by atoms with Gasteiger partial charge in [0, 0.05) is 5.92 Å². The maximum Gasteiger partial charge on any atom is 0.122 e. The fraction of sp³-hybridized carbons (Fsp3) is 0.400. The quantitative estimate of drug-likeness (QED) is 0.623. The van der Waals surface area contributed by atoms with Crippen LogP contribution in [0.2, 0.25) is 0 Å². The summed E-state index contributed by atoms with van der Waals surface area (Å²) >= 11 is 0. The van der Waals surface area contributed by atoms with Crippen molar-refractivity contribution in [3.8, 4) is 5.75 Å². The second kappa shape index (κ2) is 3.13. The van der Waals surface area contributed by atoms with Gasteiger partial charge in [-0.3, -0.25) is 4.39 Å². The fourth-order valence-corrected chi connectivity index (χ4v) is 1.58. The van der Waals surface area contributed by atoms with Crippen LogP contribution in [0.4, 0.5) is 4.39 Å². The number of alkyl halides is 1. The third-order valence-corrected chi connectivity index (χ3v) is 2.27. The number of ether oxygens (including phenoxy) is 1. The van der Waals surface area contributed by atoms with Gasteiger partial charge in [0.2, 0.25) is 0 Å². The molecule has 1 aliphatic heterocycles. The summed E-state index contributed by atoms with van der Waals surface area (Å²) in [6.07, 6.45) is 0.799. The Hall–Kier alpha value is -1.05. The molecule has 1 aromatic rings. The summed E-state index contributed by atoms with van der Waals surface area (Å²) in [7, 11) is 0. The van der Waals surface area contributed by atoms with Gasteiger partial charge in [-0.25, -0.2) is 0 Å². The van der Waals surface area contributed by atoms with E-state index in [1.54, 1.807) is 0 Å². The van der Waals surface area contributed by atoms with Gasteiger partial charge in [-0.15, -0.1) is 0 Å². The van der Waals surface area contributed by atoms with Crippen molar-refractivity contribution in [2.75, 3.05) is 13.3 Å². The van der Waals surface area contributed by atoms with Crippen molar-refractivity contribution in [1.29, 1.82) is 0 Å². The average molecular weight is 166 g/mol. The number of para-hydroxylation sites is 1. The molecule has 1 aliphatic rings. The van der Waals surface area contributed by atoms with Crippen LogP contribution in [0.15, 0.2) is 24.3 Å². The van der Waals surface area contributed by atoms with Crippen molar-refractivity contribution in [3.63, 3.8) is 0 Å². The fourth-order valence-electron chi connectivity index (χ4n) is 1.58. The molecule has 1 nitrogen and oxygen atoms in total. The van der Waals surface area contributed by atoms with E-state index >= 15 is 0 Å². The van der Waals surface area contributed by atoms with Crippen LogP contribution in [0.5, 0.6) is 5.75 Å². The minimum atomic E-state index is -0.277. The zero-order valence-electron chi connectivity index (χ0n) is 6.79. The first-order valence-electron chi connectivity index (χ1n) is 4.19. The molecule has 0 fully saturated rings. The number of halogens is 1. The maximum absolute atomic E-state index is 12.5. The zero-order chi connectivity index (χ0) is 8.39. The first-order valence-corrected chi connectivity index (χ1v) is 4.19. The average Bonchev–Trinajstić information content (AvgIpc) is 2.17. The van der Waals surface area contributed by atoms with Gasteiger partial charge >= 0.3 is 0 Å². The zero-order valence-corrected chi connectivity index (χ0v) is 6.79. The summed E-state index contributed by atoms with van der Waals surface area (Å²) in [6, 6.07) is 7.69. The van der Waals surface area contributed by atoms with E-state index in [4.69, 9.17) is 4.74 Å². The predicted molar refractivity (Wildman–Crippen MR) is 45.3 cm³/mol. The Morgan fingerprint density at radius 1 is 1.42 bits per heavy atom. The van der Waals surface area contributed by atoms with Gasteiger partial charge in [-0.05, 0) is 18.1 Å². The number of benzene rings is 1. The molecule has 1 heterocycles. The van der Waals surface area contributed by atoms with Crippen LogP contribution in [0.25, 0.3) is 0 Å². The van der Waals surface area contributed by atoms with Gasteiger partial charge in [0.15, 0.2) is 0 Å². The molecule has 1 unspecified atom stereocenters. The van der Waals surface area contributed by atoms with E-state index in [9.17, 15) is 4.39 Å². The van der Waals surface area contributed by atoms with Gasteiger partial charge in [-0.2, -0.15) is 0 Å². The first kappa shape index (κ1) is 7.59. The summed E-state index contributed by atoms with van der Waals surface area (Å²) in [5.74, 6) is 0.904. The summed E-state index contributed by atoms with van der Waals surface area (Å²) < 4.78 is 17.9. The molecule has 0 spiro atoms. The number of hydrogen-bond acceptors (Lipinski definition) is 1. The van der Waals surface area contributed by atoms with E-state index in [-0.39, 0.29) is 12.6 Å². The lowest BCUT2D eigenvalue weighted by Gasteiger charge is -2.23. The molecule has 0 saturated carbocycles. The third kappa shape index (κ3) is 1.17. The molecule has 1 aromatic carbocycles. The molecule has 64 valence electrons. The molecular weight excluding hydrogens is 155 g/mol. The van der Waals surface area contributed by atoms with Crippen molar-refractivity contribution in [3.05, 3.63) is 29.8 Å².